The van der Waals surface area contributed by atoms with E-state index in [4.69, 9.17) is 9.47 Å². The number of nitrogens with zero attached hydrogens (tertiary/aromatic N) is 1. The van der Waals surface area contributed by atoms with Crippen molar-refractivity contribution >= 4 is 11.9 Å². The summed E-state index contributed by atoms with van der Waals surface area (Å²) in [7, 11) is 0. The number of benzene rings is 1. The lowest BCUT2D eigenvalue weighted by atomic mass is 9.65. The molecular weight excluding hydrogens is 354 g/mol. The van der Waals surface area contributed by atoms with Gasteiger partial charge in [0.05, 0.1) is 0 Å². The van der Waals surface area contributed by atoms with Gasteiger partial charge in [0.15, 0.2) is 13.2 Å². The van der Waals surface area contributed by atoms with Crippen LogP contribution in [0.2, 0.25) is 0 Å². The third kappa shape index (κ3) is 4.03. The first-order valence-corrected chi connectivity index (χ1v) is 10.4. The predicted octanol–water partition coefficient (Wildman–Crippen LogP) is 3.52. The molecule has 0 aromatic heterocycles. The van der Waals surface area contributed by atoms with Crippen LogP contribution in [0.5, 0.6) is 5.75 Å². The minimum Gasteiger partial charge on any atom is -0.482 e. The SMILES string of the molecule is CC1(C)C[C@H]2C[C@@](C)(CN2C(=O)COC(=O)COc2ccc3c(c2)CCC3)C1. The summed E-state index contributed by atoms with van der Waals surface area (Å²) in [4.78, 5) is 26.6. The lowest BCUT2D eigenvalue weighted by Gasteiger charge is -2.39. The van der Waals surface area contributed by atoms with E-state index in [1.807, 2.05) is 17.0 Å². The molecule has 2 bridgehead atoms. The van der Waals surface area contributed by atoms with Crippen LogP contribution in [0.25, 0.3) is 0 Å². The fourth-order valence-electron chi connectivity index (χ4n) is 5.80. The Morgan fingerprint density at radius 1 is 1.11 bits per heavy atom. The number of rotatable bonds is 5. The van der Waals surface area contributed by atoms with Gasteiger partial charge in [0.1, 0.15) is 5.75 Å². The van der Waals surface area contributed by atoms with Crippen LogP contribution in [0, 0.1) is 10.8 Å². The Kier molecular flexibility index (Phi) is 4.88. The highest BCUT2D eigenvalue weighted by Crippen LogP contribution is 2.52. The maximum atomic E-state index is 12.7. The van der Waals surface area contributed by atoms with Crippen molar-refractivity contribution in [3.63, 3.8) is 0 Å². The zero-order chi connectivity index (χ0) is 19.9. The van der Waals surface area contributed by atoms with Crippen LogP contribution in [0.3, 0.4) is 0 Å². The van der Waals surface area contributed by atoms with E-state index in [1.165, 1.54) is 17.5 Å². The molecule has 1 aliphatic heterocycles. The maximum Gasteiger partial charge on any atom is 0.344 e. The Morgan fingerprint density at radius 2 is 1.89 bits per heavy atom. The van der Waals surface area contributed by atoms with Crippen LogP contribution in [-0.4, -0.2) is 42.6 Å². The van der Waals surface area contributed by atoms with Gasteiger partial charge in [-0.3, -0.25) is 4.79 Å². The molecule has 1 amide bonds. The Bertz CT molecular complexity index is 787. The van der Waals surface area contributed by atoms with E-state index >= 15 is 0 Å². The third-order valence-electron chi connectivity index (χ3n) is 6.52. The van der Waals surface area contributed by atoms with Crippen LogP contribution in [0.15, 0.2) is 18.2 Å². The van der Waals surface area contributed by atoms with Crippen molar-refractivity contribution in [3.8, 4) is 5.75 Å². The van der Waals surface area contributed by atoms with Gasteiger partial charge >= 0.3 is 5.97 Å². The van der Waals surface area contributed by atoms with Gasteiger partial charge in [-0.25, -0.2) is 4.79 Å². The summed E-state index contributed by atoms with van der Waals surface area (Å²) >= 11 is 0. The number of likely N-dealkylation sites (tertiary alicyclic amines) is 1. The van der Waals surface area contributed by atoms with Gasteiger partial charge in [-0.15, -0.1) is 0 Å². The molecule has 1 heterocycles. The normalized spacial score (nSPS) is 27.4. The van der Waals surface area contributed by atoms with Crippen LogP contribution < -0.4 is 4.74 Å². The first-order chi connectivity index (χ1) is 13.2. The minimum atomic E-state index is -0.498. The number of esters is 1. The van der Waals surface area contributed by atoms with E-state index in [2.05, 4.69) is 26.8 Å². The number of hydrogen-bond donors (Lipinski definition) is 0. The van der Waals surface area contributed by atoms with E-state index in [0.717, 1.165) is 38.6 Å². The molecule has 0 spiro atoms. The molecule has 28 heavy (non-hydrogen) atoms. The Labute approximate surface area is 167 Å². The van der Waals surface area contributed by atoms with Crippen molar-refractivity contribution < 1.29 is 19.1 Å². The van der Waals surface area contributed by atoms with E-state index in [9.17, 15) is 9.59 Å². The van der Waals surface area contributed by atoms with Gasteiger partial charge < -0.3 is 14.4 Å². The van der Waals surface area contributed by atoms with Crippen LogP contribution >= 0.6 is 0 Å². The largest absolute Gasteiger partial charge is 0.482 e. The number of ether oxygens (including phenoxy) is 2. The van der Waals surface area contributed by atoms with Gasteiger partial charge in [0.2, 0.25) is 0 Å². The summed E-state index contributed by atoms with van der Waals surface area (Å²) in [6.07, 6.45) is 6.57. The minimum absolute atomic E-state index is 0.0858. The summed E-state index contributed by atoms with van der Waals surface area (Å²) in [6.45, 7) is 7.23. The molecule has 4 rings (SSSR count). The standard InChI is InChI=1S/C23H31NO4/c1-22(2)10-18-11-23(3,14-22)15-24(18)20(25)12-28-21(26)13-27-19-8-7-16-5-4-6-17(16)9-19/h7-9,18H,4-6,10-15H2,1-3H3/t18-,23+/m0/s1. The Hall–Kier alpha value is -2.04. The number of aryl methyl sites for hydroxylation is 2. The van der Waals surface area contributed by atoms with Gasteiger partial charge in [-0.05, 0) is 72.6 Å². The van der Waals surface area contributed by atoms with Gasteiger partial charge in [-0.2, -0.15) is 0 Å². The fourth-order valence-corrected chi connectivity index (χ4v) is 5.80. The average Bonchev–Trinajstić information content (AvgIpc) is 3.18. The number of fused-ring (bicyclic) bond motifs is 3. The topological polar surface area (TPSA) is 55.8 Å². The van der Waals surface area contributed by atoms with E-state index < -0.39 is 5.97 Å². The van der Waals surface area contributed by atoms with E-state index in [0.29, 0.717) is 5.75 Å². The molecular formula is C23H31NO4. The Morgan fingerprint density at radius 3 is 2.71 bits per heavy atom. The Balaban J connectivity index is 1.25. The van der Waals surface area contributed by atoms with Gasteiger partial charge in [0.25, 0.3) is 5.91 Å². The first kappa shape index (κ1) is 19.3. The maximum absolute atomic E-state index is 12.7. The second kappa shape index (κ2) is 7.09. The molecule has 152 valence electrons. The molecule has 1 aromatic rings. The lowest BCUT2D eigenvalue weighted by Crippen LogP contribution is -2.40. The van der Waals surface area contributed by atoms with Crippen LogP contribution in [-0.2, 0) is 27.2 Å². The second-order valence-electron chi connectivity index (χ2n) is 9.97. The third-order valence-corrected chi connectivity index (χ3v) is 6.52. The molecule has 2 aliphatic carbocycles. The molecule has 1 saturated heterocycles. The summed E-state index contributed by atoms with van der Waals surface area (Å²) in [5, 5.41) is 0. The van der Waals surface area contributed by atoms with Crippen LogP contribution in [0.4, 0.5) is 0 Å². The molecule has 0 N–H and O–H groups in total. The molecule has 1 saturated carbocycles. The van der Waals surface area contributed by atoms with Crippen molar-refractivity contribution in [1.82, 2.24) is 4.90 Å². The molecule has 5 nitrogen and oxygen atoms in total. The molecule has 1 aromatic carbocycles. The van der Waals surface area contributed by atoms with Gasteiger partial charge in [-0.1, -0.05) is 26.8 Å². The van der Waals surface area contributed by atoms with E-state index in [-0.39, 0.29) is 36.0 Å². The highest BCUT2D eigenvalue weighted by molar-refractivity contribution is 5.81. The zero-order valence-electron chi connectivity index (χ0n) is 17.3. The first-order valence-electron chi connectivity index (χ1n) is 10.4. The lowest BCUT2D eigenvalue weighted by molar-refractivity contribution is -0.154. The summed E-state index contributed by atoms with van der Waals surface area (Å²) in [5.41, 5.74) is 3.11. The quantitative estimate of drug-likeness (QED) is 0.728. The van der Waals surface area contributed by atoms with Gasteiger partial charge in [0, 0.05) is 12.6 Å². The fraction of sp³-hybridized carbons (Fsp3) is 0.652. The smallest absolute Gasteiger partial charge is 0.344 e. The van der Waals surface area contributed by atoms with E-state index in [1.54, 1.807) is 0 Å². The number of carbonyl (C=O) groups is 2. The highest BCUT2D eigenvalue weighted by Gasteiger charge is 2.50. The highest BCUT2D eigenvalue weighted by atomic mass is 16.6. The monoisotopic (exact) mass is 385 g/mol. The number of carbonyl (C=O) groups excluding carboxylic acids is 2. The van der Waals surface area contributed by atoms with Crippen molar-refractivity contribution in [3.05, 3.63) is 29.3 Å². The molecule has 2 atom stereocenters. The number of amides is 1. The van der Waals surface area contributed by atoms with Crippen molar-refractivity contribution in [2.45, 2.75) is 65.3 Å². The van der Waals surface area contributed by atoms with Crippen molar-refractivity contribution in [2.75, 3.05) is 19.8 Å². The predicted molar refractivity (Wildman–Crippen MR) is 106 cm³/mol. The average molecular weight is 386 g/mol. The second-order valence-corrected chi connectivity index (χ2v) is 9.97. The number of hydrogen-bond acceptors (Lipinski definition) is 4. The molecule has 0 unspecified atom stereocenters. The van der Waals surface area contributed by atoms with Crippen molar-refractivity contribution in [2.24, 2.45) is 10.8 Å². The molecule has 2 fully saturated rings. The molecule has 5 heteroatoms. The van der Waals surface area contributed by atoms with Crippen LogP contribution in [0.1, 0.15) is 57.6 Å². The summed E-state index contributed by atoms with van der Waals surface area (Å²) < 4.78 is 10.8. The summed E-state index contributed by atoms with van der Waals surface area (Å²) in [5.74, 6) is 0.104. The molecule has 3 aliphatic rings. The van der Waals surface area contributed by atoms with Crippen molar-refractivity contribution in [1.29, 1.82) is 0 Å². The molecule has 0 radical (unpaired) electrons. The zero-order valence-corrected chi connectivity index (χ0v) is 17.3. The summed E-state index contributed by atoms with van der Waals surface area (Å²) in [6, 6.07) is 6.24.